The van der Waals surface area contributed by atoms with Gasteiger partial charge in [0, 0.05) is 32.7 Å². The highest BCUT2D eigenvalue weighted by Crippen LogP contribution is 2.46. The van der Waals surface area contributed by atoms with Crippen LogP contribution in [0.4, 0.5) is 14.7 Å². The molecule has 0 spiro atoms. The molecule has 1 fully saturated rings. The van der Waals surface area contributed by atoms with Crippen molar-refractivity contribution in [1.82, 2.24) is 20.5 Å². The summed E-state index contributed by atoms with van der Waals surface area (Å²) in [6, 6.07) is 45.2. The number of alkyl carbamates (subject to hydrolysis) is 1. The van der Waals surface area contributed by atoms with Crippen molar-refractivity contribution in [1.29, 1.82) is 0 Å². The van der Waals surface area contributed by atoms with Crippen LogP contribution in [0, 0.1) is 0 Å². The molecule has 5 aromatic carbocycles. The van der Waals surface area contributed by atoms with Crippen LogP contribution < -0.4 is 16.0 Å². The number of benzene rings is 5. The molecule has 3 heterocycles. The monoisotopic (exact) mass is 1120 g/mol. The van der Waals surface area contributed by atoms with E-state index in [1.165, 1.54) is 22.0 Å². The molecule has 2 unspecified atom stereocenters. The lowest BCUT2D eigenvalue weighted by Gasteiger charge is -2.49. The van der Waals surface area contributed by atoms with Crippen molar-refractivity contribution in [2.45, 2.75) is 82.8 Å². The highest BCUT2D eigenvalue weighted by molar-refractivity contribution is 8.08. The number of nitrogens with zero attached hydrogens (tertiary/aromatic N) is 3. The van der Waals surface area contributed by atoms with Gasteiger partial charge in [0.2, 0.25) is 5.60 Å². The highest BCUT2D eigenvalue weighted by Gasteiger charge is 2.55. The summed E-state index contributed by atoms with van der Waals surface area (Å²) in [5.74, 6) is -3.01. The summed E-state index contributed by atoms with van der Waals surface area (Å²) >= 11 is 3.26. The van der Waals surface area contributed by atoms with Gasteiger partial charge in [-0.05, 0) is 59.6 Å². The second kappa shape index (κ2) is 25.1. The third-order valence-electron chi connectivity index (χ3n) is 11.7. The number of anilines is 1. The Labute approximate surface area is 470 Å². The van der Waals surface area contributed by atoms with Gasteiger partial charge in [0.1, 0.15) is 34.0 Å². The molecule has 0 bridgehead atoms. The van der Waals surface area contributed by atoms with Gasteiger partial charge < -0.3 is 29.1 Å². The number of ether oxygens (including phenoxy) is 4. The predicted octanol–water partition coefficient (Wildman–Crippen LogP) is 10.8. The van der Waals surface area contributed by atoms with Crippen LogP contribution >= 0.6 is 34.9 Å². The van der Waals surface area contributed by atoms with Crippen LogP contribution in [0.3, 0.4) is 0 Å². The fraction of sp³-hybridized carbons (Fsp3) is 0.254. The van der Waals surface area contributed by atoms with Crippen molar-refractivity contribution in [2.24, 2.45) is 5.16 Å². The number of thiazole rings is 1. The smallest absolute Gasteiger partial charge is 0.413 e. The van der Waals surface area contributed by atoms with Gasteiger partial charge in [0.05, 0.1) is 5.03 Å². The molecule has 0 saturated carbocycles. The Morgan fingerprint density at radius 1 is 0.747 bits per heavy atom. The summed E-state index contributed by atoms with van der Waals surface area (Å²) in [6.45, 7) is 11.2. The summed E-state index contributed by atoms with van der Waals surface area (Å²) in [4.78, 5) is 96.1. The van der Waals surface area contributed by atoms with Crippen LogP contribution in [0.1, 0.15) is 88.1 Å². The van der Waals surface area contributed by atoms with Gasteiger partial charge in [-0.3, -0.25) is 25.1 Å². The van der Waals surface area contributed by atoms with Crippen LogP contribution in [0.25, 0.3) is 0 Å². The fourth-order valence-electron chi connectivity index (χ4n) is 8.36. The number of allylic oxidation sites excluding steroid dienone is 1. The average molecular weight is 1120 g/mol. The third-order valence-corrected chi connectivity index (χ3v) is 15.1. The van der Waals surface area contributed by atoms with Crippen LogP contribution in [0.15, 0.2) is 184 Å². The van der Waals surface area contributed by atoms with Crippen LogP contribution in [-0.2, 0) is 48.6 Å². The van der Waals surface area contributed by atoms with Gasteiger partial charge in [-0.2, -0.15) is 0 Å². The summed E-state index contributed by atoms with van der Waals surface area (Å²) < 4.78 is 22.3. The fourth-order valence-corrected chi connectivity index (χ4v) is 11.5. The average Bonchev–Trinajstić information content (AvgIpc) is 4.03. The SMILES string of the molecule is C/C=C(/NC(=O)OCC(=O)OC(C)(C)C)SC1=C(C(=O)OC(c2ccccc2)c2ccccc2)N2C(=O)C(NC(=O)/C(=N\OC(c3ccccc3)(c3ccccc3)c3ccccc3)c3csc(NC(=O)OC(C)(C)C)n3)C2SC1. The molecule has 0 radical (unpaired) electrons. The molecule has 0 aliphatic carbocycles. The number of rotatable bonds is 18. The van der Waals surface area contributed by atoms with E-state index in [9.17, 15) is 24.0 Å². The Balaban J connectivity index is 1.14. The van der Waals surface area contributed by atoms with Crippen molar-refractivity contribution in [3.05, 3.63) is 212 Å². The molecule has 3 N–H and O–H groups in total. The van der Waals surface area contributed by atoms with Gasteiger partial charge in [0.15, 0.2) is 23.6 Å². The van der Waals surface area contributed by atoms with Gasteiger partial charge in [-0.1, -0.05) is 175 Å². The molecule has 1 saturated heterocycles. The van der Waals surface area contributed by atoms with E-state index in [1.807, 2.05) is 152 Å². The summed E-state index contributed by atoms with van der Waals surface area (Å²) in [5.41, 5.74) is -0.133. The van der Waals surface area contributed by atoms with Gasteiger partial charge in [-0.25, -0.2) is 24.2 Å². The maximum Gasteiger partial charge on any atom is 0.413 e. The second-order valence-corrected chi connectivity index (χ2v) is 22.9. The maximum atomic E-state index is 15.1. The first kappa shape index (κ1) is 57.0. The number of aromatic nitrogens is 1. The van der Waals surface area contributed by atoms with E-state index in [0.717, 1.165) is 23.1 Å². The maximum absolute atomic E-state index is 15.1. The third kappa shape index (κ3) is 14.1. The molecule has 2 aliphatic rings. The Morgan fingerprint density at radius 2 is 1.27 bits per heavy atom. The van der Waals surface area contributed by atoms with Crippen LogP contribution in [0.2, 0.25) is 0 Å². The number of nitrogens with one attached hydrogen (secondary N) is 3. The Bertz CT molecular complexity index is 3120. The number of thioether (sulfide) groups is 2. The molecule has 408 valence electrons. The predicted molar refractivity (Wildman–Crippen MR) is 303 cm³/mol. The molecule has 17 nitrogen and oxygen atoms in total. The first-order chi connectivity index (χ1) is 37.8. The van der Waals surface area contributed by atoms with Crippen molar-refractivity contribution in [3.8, 4) is 0 Å². The molecule has 6 aromatic rings. The lowest BCUT2D eigenvalue weighted by Crippen LogP contribution is -2.71. The van der Waals surface area contributed by atoms with Crippen molar-refractivity contribution in [2.75, 3.05) is 17.7 Å². The standard InChI is InChI=1S/C59H58N6O11S3/c1-8-44(61-55(70)72-34-45(66)74-57(2,3)4)79-43-36-77-52-47(51(68)65(52)48(43)53(69)73-49(37-24-14-9-15-25-37)38-26-16-10-17-27-38)62-50(67)46(42-35-78-54(60-42)63-56(71)75-58(5,6)7)64-76-59(39-28-18-11-19-29-39,40-30-20-12-21-31-40)41-32-22-13-23-33-41/h8-33,35,47,49,52H,34,36H2,1-7H3,(H,61,70)(H,62,67)(H,60,63,71)/b44-8-,64-46-. The summed E-state index contributed by atoms with van der Waals surface area (Å²) in [5, 5.41) is 13.7. The first-order valence-corrected chi connectivity index (χ1v) is 27.8. The van der Waals surface area contributed by atoms with Crippen molar-refractivity contribution >= 4 is 81.6 Å². The second-order valence-electron chi connectivity index (χ2n) is 19.8. The molecule has 2 atom stereocenters. The zero-order valence-corrected chi connectivity index (χ0v) is 46.7. The zero-order valence-electron chi connectivity index (χ0n) is 44.3. The van der Waals surface area contributed by atoms with E-state index in [2.05, 4.69) is 26.1 Å². The number of hydrogen-bond donors (Lipinski definition) is 3. The minimum absolute atomic E-state index is 0.00304. The largest absolute Gasteiger partial charge is 0.457 e. The number of hydrogen-bond acceptors (Lipinski definition) is 16. The Morgan fingerprint density at radius 3 is 1.77 bits per heavy atom. The van der Waals surface area contributed by atoms with E-state index < -0.39 is 76.9 Å². The minimum atomic E-state index is -1.44. The lowest BCUT2D eigenvalue weighted by atomic mass is 9.80. The van der Waals surface area contributed by atoms with E-state index >= 15 is 4.79 Å². The van der Waals surface area contributed by atoms with Crippen LogP contribution in [0.5, 0.6) is 0 Å². The minimum Gasteiger partial charge on any atom is -0.457 e. The van der Waals surface area contributed by atoms with Crippen LogP contribution in [-0.4, -0.2) is 86.5 Å². The van der Waals surface area contributed by atoms with E-state index in [0.29, 0.717) is 32.7 Å². The quantitative estimate of drug-likeness (QED) is 0.0182. The molecule has 8 rings (SSSR count). The number of carbonyl (C=O) groups is 6. The number of carbonyl (C=O) groups excluding carboxylic acids is 6. The van der Waals surface area contributed by atoms with Gasteiger partial charge in [0.25, 0.3) is 11.8 Å². The first-order valence-electron chi connectivity index (χ1n) is 25.0. The Hall–Kier alpha value is -8.20. The molecule has 2 aliphatic heterocycles. The topological polar surface area (TPSA) is 213 Å². The number of amides is 4. The van der Waals surface area contributed by atoms with E-state index in [4.69, 9.17) is 23.8 Å². The molecular weight excluding hydrogens is 1060 g/mol. The van der Waals surface area contributed by atoms with E-state index in [1.54, 1.807) is 54.5 Å². The van der Waals surface area contributed by atoms with Crippen molar-refractivity contribution in [3.63, 3.8) is 0 Å². The molecular formula is C59H58N6O11S3. The number of esters is 2. The summed E-state index contributed by atoms with van der Waals surface area (Å²) in [7, 11) is 0. The van der Waals surface area contributed by atoms with E-state index in [-0.39, 0.29) is 33.0 Å². The van der Waals surface area contributed by atoms with Gasteiger partial charge in [-0.15, -0.1) is 23.1 Å². The molecule has 4 amide bonds. The highest BCUT2D eigenvalue weighted by atomic mass is 32.2. The zero-order chi connectivity index (χ0) is 56.3. The molecule has 1 aromatic heterocycles. The Kier molecular flexibility index (Phi) is 18.1. The number of oxime groups is 1. The van der Waals surface area contributed by atoms with Crippen molar-refractivity contribution < 1.29 is 52.6 Å². The summed E-state index contributed by atoms with van der Waals surface area (Å²) in [6.07, 6.45) is -1.07. The molecule has 79 heavy (non-hydrogen) atoms. The number of β-lactam (4-membered cyclic amide) rings is 1. The number of fused-ring (bicyclic) bond motifs is 1. The molecule has 20 heteroatoms. The van der Waals surface area contributed by atoms with Gasteiger partial charge >= 0.3 is 24.1 Å². The lowest BCUT2D eigenvalue weighted by molar-refractivity contribution is -0.158. The normalized spacial score (nSPS) is 15.7.